The standard InChI is InChI=1S/C16H25NO3/c1-3-13-8-9-15(20-13)16(18)17-10-11-19-14-7-5-4-6-12(14)2/h8-9,12,14H,3-7,10-11H2,1-2H3,(H,17,18)/t12-,14+/m0/s1. The van der Waals surface area contributed by atoms with E-state index in [-0.39, 0.29) is 5.91 Å². The summed E-state index contributed by atoms with van der Waals surface area (Å²) in [5, 5.41) is 2.83. The zero-order valence-corrected chi connectivity index (χ0v) is 12.5. The maximum Gasteiger partial charge on any atom is 0.287 e. The summed E-state index contributed by atoms with van der Waals surface area (Å²) in [5.41, 5.74) is 0. The third-order valence-electron chi connectivity index (χ3n) is 3.99. The van der Waals surface area contributed by atoms with Crippen molar-refractivity contribution >= 4 is 5.91 Å². The quantitative estimate of drug-likeness (QED) is 0.814. The van der Waals surface area contributed by atoms with Gasteiger partial charge in [0.05, 0.1) is 12.7 Å². The Morgan fingerprint density at radius 2 is 2.20 bits per heavy atom. The first kappa shape index (κ1) is 15.1. The second-order valence-electron chi connectivity index (χ2n) is 5.55. The van der Waals surface area contributed by atoms with Gasteiger partial charge in [0.25, 0.3) is 5.91 Å². The lowest BCUT2D eigenvalue weighted by Gasteiger charge is -2.28. The van der Waals surface area contributed by atoms with Gasteiger partial charge in [-0.1, -0.05) is 26.7 Å². The van der Waals surface area contributed by atoms with Gasteiger partial charge in [0.15, 0.2) is 5.76 Å². The maximum absolute atomic E-state index is 11.8. The number of amides is 1. The largest absolute Gasteiger partial charge is 0.456 e. The molecule has 1 saturated carbocycles. The summed E-state index contributed by atoms with van der Waals surface area (Å²) in [6, 6.07) is 3.56. The Morgan fingerprint density at radius 1 is 1.40 bits per heavy atom. The summed E-state index contributed by atoms with van der Waals surface area (Å²) in [7, 11) is 0. The van der Waals surface area contributed by atoms with Crippen molar-refractivity contribution in [2.45, 2.75) is 52.1 Å². The van der Waals surface area contributed by atoms with E-state index in [1.54, 1.807) is 6.07 Å². The molecule has 1 fully saturated rings. The van der Waals surface area contributed by atoms with Crippen LogP contribution in [0.5, 0.6) is 0 Å². The molecule has 4 nitrogen and oxygen atoms in total. The van der Waals surface area contributed by atoms with E-state index < -0.39 is 0 Å². The fourth-order valence-electron chi connectivity index (χ4n) is 2.68. The van der Waals surface area contributed by atoms with Gasteiger partial charge in [-0.2, -0.15) is 0 Å². The molecular formula is C16H25NO3. The van der Waals surface area contributed by atoms with Crippen molar-refractivity contribution in [1.82, 2.24) is 5.32 Å². The number of hydrogen-bond donors (Lipinski definition) is 1. The van der Waals surface area contributed by atoms with Gasteiger partial charge in [-0.05, 0) is 30.9 Å². The van der Waals surface area contributed by atoms with Gasteiger partial charge in [0.1, 0.15) is 5.76 Å². The van der Waals surface area contributed by atoms with Crippen LogP contribution < -0.4 is 5.32 Å². The summed E-state index contributed by atoms with van der Waals surface area (Å²) < 4.78 is 11.3. The molecule has 1 heterocycles. The highest BCUT2D eigenvalue weighted by atomic mass is 16.5. The monoisotopic (exact) mass is 279 g/mol. The third-order valence-corrected chi connectivity index (χ3v) is 3.99. The molecule has 20 heavy (non-hydrogen) atoms. The molecule has 1 N–H and O–H groups in total. The van der Waals surface area contributed by atoms with E-state index in [4.69, 9.17) is 9.15 Å². The van der Waals surface area contributed by atoms with E-state index in [1.165, 1.54) is 19.3 Å². The highest BCUT2D eigenvalue weighted by Gasteiger charge is 2.21. The predicted molar refractivity (Wildman–Crippen MR) is 77.8 cm³/mol. The molecule has 0 aliphatic heterocycles. The minimum atomic E-state index is -0.162. The molecule has 0 unspecified atom stereocenters. The van der Waals surface area contributed by atoms with Gasteiger partial charge in [-0.3, -0.25) is 4.79 Å². The second kappa shape index (κ2) is 7.48. The smallest absolute Gasteiger partial charge is 0.287 e. The van der Waals surface area contributed by atoms with Crippen LogP contribution in [0, 0.1) is 5.92 Å². The number of ether oxygens (including phenoxy) is 1. The van der Waals surface area contributed by atoms with Crippen LogP contribution in [0.25, 0.3) is 0 Å². The zero-order valence-electron chi connectivity index (χ0n) is 12.5. The molecule has 1 aromatic heterocycles. The van der Waals surface area contributed by atoms with Crippen LogP contribution in [0.4, 0.5) is 0 Å². The average Bonchev–Trinajstić information content (AvgIpc) is 2.94. The summed E-state index contributed by atoms with van der Waals surface area (Å²) >= 11 is 0. The van der Waals surface area contributed by atoms with Gasteiger partial charge in [-0.25, -0.2) is 0 Å². The lowest BCUT2D eigenvalue weighted by atomic mass is 9.88. The Balaban J connectivity index is 1.66. The van der Waals surface area contributed by atoms with E-state index in [0.717, 1.165) is 18.6 Å². The number of nitrogens with one attached hydrogen (secondary N) is 1. The molecule has 0 bridgehead atoms. The van der Waals surface area contributed by atoms with Gasteiger partial charge in [0, 0.05) is 13.0 Å². The van der Waals surface area contributed by atoms with Gasteiger partial charge >= 0.3 is 0 Å². The zero-order chi connectivity index (χ0) is 14.4. The van der Waals surface area contributed by atoms with E-state index in [9.17, 15) is 4.79 Å². The minimum Gasteiger partial charge on any atom is -0.456 e. The lowest BCUT2D eigenvalue weighted by molar-refractivity contribution is -0.00300. The van der Waals surface area contributed by atoms with Crippen LogP contribution in [-0.4, -0.2) is 25.2 Å². The summed E-state index contributed by atoms with van der Waals surface area (Å²) in [5.74, 6) is 1.69. The number of rotatable bonds is 6. The van der Waals surface area contributed by atoms with Crippen molar-refractivity contribution in [3.8, 4) is 0 Å². The SMILES string of the molecule is CCc1ccc(C(=O)NCCO[C@@H]2CCCC[C@@H]2C)o1. The molecule has 1 amide bonds. The number of carbonyl (C=O) groups excluding carboxylic acids is 1. The van der Waals surface area contributed by atoms with Crippen LogP contribution >= 0.6 is 0 Å². The topological polar surface area (TPSA) is 51.5 Å². The Hall–Kier alpha value is -1.29. The first-order chi connectivity index (χ1) is 9.70. The van der Waals surface area contributed by atoms with Crippen LogP contribution in [0.15, 0.2) is 16.5 Å². The van der Waals surface area contributed by atoms with Crippen LogP contribution in [0.2, 0.25) is 0 Å². The van der Waals surface area contributed by atoms with Crippen LogP contribution in [-0.2, 0) is 11.2 Å². The predicted octanol–water partition coefficient (Wildman–Crippen LogP) is 3.17. The molecule has 1 aliphatic carbocycles. The van der Waals surface area contributed by atoms with Gasteiger partial charge < -0.3 is 14.5 Å². The van der Waals surface area contributed by atoms with E-state index >= 15 is 0 Å². The molecule has 0 aromatic carbocycles. The highest BCUT2D eigenvalue weighted by Crippen LogP contribution is 2.25. The molecule has 2 atom stereocenters. The van der Waals surface area contributed by atoms with Crippen LogP contribution in [0.3, 0.4) is 0 Å². The lowest BCUT2D eigenvalue weighted by Crippen LogP contribution is -2.31. The first-order valence-electron chi connectivity index (χ1n) is 7.69. The molecule has 1 aliphatic rings. The first-order valence-corrected chi connectivity index (χ1v) is 7.69. The summed E-state index contributed by atoms with van der Waals surface area (Å²) in [6.07, 6.45) is 6.13. The van der Waals surface area contributed by atoms with Crippen molar-refractivity contribution in [1.29, 1.82) is 0 Å². The fraction of sp³-hybridized carbons (Fsp3) is 0.688. The molecular weight excluding hydrogens is 254 g/mol. The molecule has 0 spiro atoms. The summed E-state index contributed by atoms with van der Waals surface area (Å²) in [6.45, 7) is 5.35. The average molecular weight is 279 g/mol. The molecule has 0 saturated heterocycles. The Bertz CT molecular complexity index is 427. The van der Waals surface area contributed by atoms with Crippen molar-refractivity contribution in [2.24, 2.45) is 5.92 Å². The highest BCUT2D eigenvalue weighted by molar-refractivity contribution is 5.91. The fourth-order valence-corrected chi connectivity index (χ4v) is 2.68. The number of furan rings is 1. The molecule has 1 aromatic rings. The molecule has 2 rings (SSSR count). The molecule has 4 heteroatoms. The Morgan fingerprint density at radius 3 is 2.90 bits per heavy atom. The Kier molecular flexibility index (Phi) is 5.65. The number of hydrogen-bond acceptors (Lipinski definition) is 3. The number of aryl methyl sites for hydroxylation is 1. The van der Waals surface area contributed by atoms with Crippen molar-refractivity contribution in [2.75, 3.05) is 13.2 Å². The van der Waals surface area contributed by atoms with Crippen LogP contribution in [0.1, 0.15) is 55.8 Å². The van der Waals surface area contributed by atoms with Gasteiger partial charge in [-0.15, -0.1) is 0 Å². The van der Waals surface area contributed by atoms with Gasteiger partial charge in [0.2, 0.25) is 0 Å². The normalized spacial score (nSPS) is 22.7. The Labute approximate surface area is 120 Å². The number of carbonyl (C=O) groups is 1. The second-order valence-corrected chi connectivity index (χ2v) is 5.55. The summed E-state index contributed by atoms with van der Waals surface area (Å²) in [4.78, 5) is 11.8. The maximum atomic E-state index is 11.8. The van der Waals surface area contributed by atoms with Crippen molar-refractivity contribution in [3.63, 3.8) is 0 Å². The van der Waals surface area contributed by atoms with Crippen molar-refractivity contribution in [3.05, 3.63) is 23.7 Å². The van der Waals surface area contributed by atoms with E-state index in [0.29, 0.717) is 30.9 Å². The van der Waals surface area contributed by atoms with Crippen molar-refractivity contribution < 1.29 is 13.9 Å². The minimum absolute atomic E-state index is 0.162. The third kappa shape index (κ3) is 4.10. The molecule has 0 radical (unpaired) electrons. The van der Waals surface area contributed by atoms with E-state index in [2.05, 4.69) is 12.2 Å². The van der Waals surface area contributed by atoms with E-state index in [1.807, 2.05) is 13.0 Å². The molecule has 112 valence electrons.